The van der Waals surface area contributed by atoms with Crippen molar-refractivity contribution in [2.45, 2.75) is 6.30 Å². The fourth-order valence-electron chi connectivity index (χ4n) is 0.0958. The molecule has 0 fully saturated rings. The Hall–Kier alpha value is 0.420. The number of alkyl halides is 3. The maximum absolute atomic E-state index is 11.1. The smallest absolute Gasteiger partial charge is 0.169 e. The molecule has 48 valence electrons. The van der Waals surface area contributed by atoms with Gasteiger partial charge in [-0.25, -0.2) is 0 Å². The molecule has 0 unspecified atom stereocenters. The van der Waals surface area contributed by atoms with Gasteiger partial charge in [0.15, 0.2) is 3.53 Å². The van der Waals surface area contributed by atoms with Gasteiger partial charge < -0.3 is 0 Å². The van der Waals surface area contributed by atoms with Gasteiger partial charge in [0, 0.05) is 0 Å². The molecule has 1 nitrogen and oxygen atoms in total. The molecule has 0 aliphatic rings. The summed E-state index contributed by atoms with van der Waals surface area (Å²) in [6.07, 6.45) is -4.48. The molecule has 0 aromatic carbocycles. The normalized spacial score (nSPS) is 11.1. The second-order valence-electron chi connectivity index (χ2n) is 0.820. The molecule has 0 N–H and O–H groups in total. The molecule has 0 aromatic rings. The highest BCUT2D eigenvalue weighted by atomic mass is 79.9. The van der Waals surface area contributed by atoms with Crippen LogP contribution < -0.4 is 0 Å². The number of aliphatic imine (C=N–C) groups is 1. The molecule has 8 heavy (non-hydrogen) atoms. The van der Waals surface area contributed by atoms with Gasteiger partial charge in [-0.2, -0.15) is 4.99 Å². The highest BCUT2D eigenvalue weighted by molar-refractivity contribution is 9.39. The molecule has 6 heteroatoms. The van der Waals surface area contributed by atoms with Gasteiger partial charge in [-0.3, -0.25) is 0 Å². The summed E-state index contributed by atoms with van der Waals surface area (Å²) < 4.78 is 32.8. The lowest BCUT2D eigenvalue weighted by Gasteiger charge is -1.94. The Labute approximate surface area is 60.2 Å². The highest BCUT2D eigenvalue weighted by Crippen LogP contribution is 2.18. The van der Waals surface area contributed by atoms with Gasteiger partial charge in [0.2, 0.25) is 0 Å². The van der Waals surface area contributed by atoms with E-state index in [2.05, 4.69) is 36.9 Å². The summed E-state index contributed by atoms with van der Waals surface area (Å²) in [7, 11) is 0. The first kappa shape index (κ1) is 8.42. The highest BCUT2D eigenvalue weighted by Gasteiger charge is 2.25. The predicted molar refractivity (Wildman–Crippen MR) is 31.3 cm³/mol. The summed E-state index contributed by atoms with van der Waals surface area (Å²) in [5, 5.41) is 0. The number of halogens is 5. The number of rotatable bonds is 0. The molecule has 0 bridgehead atoms. The van der Waals surface area contributed by atoms with Crippen molar-refractivity contribution in [3.05, 3.63) is 0 Å². The monoisotopic (exact) mass is 253 g/mol. The van der Waals surface area contributed by atoms with E-state index in [4.69, 9.17) is 0 Å². The minimum absolute atomic E-state index is 0.350. The standard InChI is InChI=1S/C2Br2F3N/c3-1(4)8-2(5,6)7. The van der Waals surface area contributed by atoms with Gasteiger partial charge in [-0.05, 0) is 31.9 Å². The van der Waals surface area contributed by atoms with E-state index in [1.807, 2.05) is 0 Å². The Kier molecular flexibility index (Phi) is 2.96. The molecular formula is C2Br2F3N. The molecule has 0 amide bonds. The first-order chi connectivity index (χ1) is 3.42. The summed E-state index contributed by atoms with van der Waals surface area (Å²) in [5.41, 5.74) is 0. The van der Waals surface area contributed by atoms with Crippen LogP contribution in [0.4, 0.5) is 13.2 Å². The van der Waals surface area contributed by atoms with Gasteiger partial charge in [-0.15, -0.1) is 13.2 Å². The number of hydrogen-bond donors (Lipinski definition) is 0. The van der Waals surface area contributed by atoms with Crippen LogP contribution in [0.15, 0.2) is 4.99 Å². The first-order valence-corrected chi connectivity index (χ1v) is 2.98. The molecule has 0 saturated heterocycles. The molecule has 0 saturated carbocycles. The topological polar surface area (TPSA) is 12.4 Å². The van der Waals surface area contributed by atoms with Crippen LogP contribution in [0.5, 0.6) is 0 Å². The lowest BCUT2D eigenvalue weighted by atomic mass is 11.2. The Morgan fingerprint density at radius 3 is 1.62 bits per heavy atom. The van der Waals surface area contributed by atoms with Crippen molar-refractivity contribution in [2.75, 3.05) is 0 Å². The zero-order valence-electron chi connectivity index (χ0n) is 3.34. The van der Waals surface area contributed by atoms with E-state index in [-0.39, 0.29) is 3.53 Å². The third-order valence-electron chi connectivity index (χ3n) is 0.211. The lowest BCUT2D eigenvalue weighted by Crippen LogP contribution is -2.02. The van der Waals surface area contributed by atoms with Crippen LogP contribution in [-0.4, -0.2) is 9.83 Å². The van der Waals surface area contributed by atoms with Gasteiger partial charge in [0.25, 0.3) is 0 Å². The summed E-state index contributed by atoms with van der Waals surface area (Å²) in [5.74, 6) is 0. The van der Waals surface area contributed by atoms with E-state index in [1.54, 1.807) is 0 Å². The van der Waals surface area contributed by atoms with E-state index >= 15 is 0 Å². The summed E-state index contributed by atoms with van der Waals surface area (Å²) in [6, 6.07) is 0. The van der Waals surface area contributed by atoms with Crippen LogP contribution in [0.1, 0.15) is 0 Å². The van der Waals surface area contributed by atoms with Crippen molar-refractivity contribution in [2.24, 2.45) is 4.99 Å². The SMILES string of the molecule is FC(F)(F)N=C(Br)Br. The first-order valence-electron chi connectivity index (χ1n) is 1.39. The third-order valence-corrected chi connectivity index (χ3v) is 0.566. The Morgan fingerprint density at radius 1 is 1.25 bits per heavy atom. The number of nitrogens with zero attached hydrogens (tertiary/aromatic N) is 1. The van der Waals surface area contributed by atoms with E-state index < -0.39 is 6.30 Å². The third kappa shape index (κ3) is 6.42. The maximum atomic E-state index is 11.1. The summed E-state index contributed by atoms with van der Waals surface area (Å²) in [6.45, 7) is 0. The van der Waals surface area contributed by atoms with Crippen LogP contribution in [0, 0.1) is 0 Å². The maximum Gasteiger partial charge on any atom is 0.504 e. The van der Waals surface area contributed by atoms with Gasteiger partial charge in [-0.1, -0.05) is 0 Å². The fraction of sp³-hybridized carbons (Fsp3) is 0.500. The molecule has 0 radical (unpaired) electrons. The van der Waals surface area contributed by atoms with Gasteiger partial charge in [0.1, 0.15) is 0 Å². The minimum atomic E-state index is -4.48. The van der Waals surface area contributed by atoms with Crippen LogP contribution in [0.3, 0.4) is 0 Å². The van der Waals surface area contributed by atoms with Gasteiger partial charge >= 0.3 is 6.30 Å². The Morgan fingerprint density at radius 2 is 1.62 bits per heavy atom. The van der Waals surface area contributed by atoms with E-state index in [0.717, 1.165) is 0 Å². The predicted octanol–water partition coefficient (Wildman–Crippen LogP) is 2.65. The molecule has 0 heterocycles. The summed E-state index contributed by atoms with van der Waals surface area (Å²) in [4.78, 5) is 2.16. The summed E-state index contributed by atoms with van der Waals surface area (Å²) >= 11 is 4.91. The van der Waals surface area contributed by atoms with Crippen molar-refractivity contribution in [3.63, 3.8) is 0 Å². The molecular weight excluding hydrogens is 255 g/mol. The second kappa shape index (κ2) is 2.82. The van der Waals surface area contributed by atoms with Crippen molar-refractivity contribution in [1.82, 2.24) is 0 Å². The zero-order chi connectivity index (χ0) is 6.78. The Bertz CT molecular complexity index is 102. The average Bonchev–Trinajstić information content (AvgIpc) is 1.21. The molecule has 0 aromatic heterocycles. The molecule has 0 rings (SSSR count). The van der Waals surface area contributed by atoms with E-state index in [0.29, 0.717) is 0 Å². The van der Waals surface area contributed by atoms with Gasteiger partial charge in [0.05, 0.1) is 0 Å². The molecule has 0 aliphatic carbocycles. The second-order valence-corrected chi connectivity index (χ2v) is 3.39. The average molecular weight is 255 g/mol. The van der Waals surface area contributed by atoms with Crippen molar-refractivity contribution in [3.8, 4) is 0 Å². The van der Waals surface area contributed by atoms with Crippen LogP contribution in [0.2, 0.25) is 0 Å². The minimum Gasteiger partial charge on any atom is -0.169 e. The molecule has 0 aliphatic heterocycles. The van der Waals surface area contributed by atoms with Crippen LogP contribution in [-0.2, 0) is 0 Å². The van der Waals surface area contributed by atoms with Crippen LogP contribution in [0.25, 0.3) is 0 Å². The largest absolute Gasteiger partial charge is 0.504 e. The van der Waals surface area contributed by atoms with Crippen molar-refractivity contribution < 1.29 is 13.2 Å². The van der Waals surface area contributed by atoms with E-state index in [1.165, 1.54) is 0 Å². The quantitative estimate of drug-likeness (QED) is 0.466. The molecule has 0 atom stereocenters. The fourth-order valence-corrected chi connectivity index (χ4v) is 0.498. The molecule has 0 spiro atoms. The Balaban J connectivity index is 3.89. The van der Waals surface area contributed by atoms with E-state index in [9.17, 15) is 13.2 Å². The van der Waals surface area contributed by atoms with Crippen molar-refractivity contribution >= 4 is 35.4 Å². The van der Waals surface area contributed by atoms with Crippen LogP contribution >= 0.6 is 31.9 Å². The zero-order valence-corrected chi connectivity index (χ0v) is 6.51. The number of hydrogen-bond acceptors (Lipinski definition) is 1. The van der Waals surface area contributed by atoms with Crippen molar-refractivity contribution in [1.29, 1.82) is 0 Å². The lowest BCUT2D eigenvalue weighted by molar-refractivity contribution is -0.118.